The highest BCUT2D eigenvalue weighted by molar-refractivity contribution is 5.54. The van der Waals surface area contributed by atoms with Crippen molar-refractivity contribution in [3.63, 3.8) is 0 Å². The Bertz CT molecular complexity index is 395. The minimum Gasteiger partial charge on any atom is -0.394 e. The van der Waals surface area contributed by atoms with E-state index in [0.717, 1.165) is 17.9 Å². The lowest BCUT2D eigenvalue weighted by atomic mass is 10.2. The molecule has 2 N–H and O–H groups in total. The molecule has 0 amide bonds. The highest BCUT2D eigenvalue weighted by Gasteiger charge is 2.11. The molecule has 0 unspecified atom stereocenters. The van der Waals surface area contributed by atoms with Crippen molar-refractivity contribution in [1.82, 2.24) is 9.78 Å². The summed E-state index contributed by atoms with van der Waals surface area (Å²) < 4.78 is 6.80. The molecule has 17 heavy (non-hydrogen) atoms. The Kier molecular flexibility index (Phi) is 5.46. The maximum absolute atomic E-state index is 8.99. The molecule has 1 heterocycles. The first kappa shape index (κ1) is 13.5. The monoisotopic (exact) mass is 238 g/mol. The maximum Gasteiger partial charge on any atom is 0.142 e. The van der Waals surface area contributed by atoms with E-state index < -0.39 is 0 Å². The van der Waals surface area contributed by atoms with Gasteiger partial charge in [-0.25, -0.2) is 0 Å². The van der Waals surface area contributed by atoms with Gasteiger partial charge in [-0.1, -0.05) is 0 Å². The fourth-order valence-corrected chi connectivity index (χ4v) is 1.54. The average molecular weight is 238 g/mol. The fourth-order valence-electron chi connectivity index (χ4n) is 1.54. The van der Waals surface area contributed by atoms with Gasteiger partial charge in [-0.05, 0) is 13.3 Å². The predicted octanol–water partition coefficient (Wildman–Crippen LogP) is 0.411. The topological polar surface area (TPSA) is 83.1 Å². The molecule has 0 atom stereocenters. The van der Waals surface area contributed by atoms with Gasteiger partial charge in [0.2, 0.25) is 0 Å². The fraction of sp³-hybridized carbons (Fsp3) is 0.636. The highest BCUT2D eigenvalue weighted by atomic mass is 16.5. The molecule has 0 bridgehead atoms. The number of anilines is 1. The van der Waals surface area contributed by atoms with Gasteiger partial charge in [-0.3, -0.25) is 4.68 Å². The van der Waals surface area contributed by atoms with Crippen molar-refractivity contribution in [2.75, 3.05) is 31.7 Å². The van der Waals surface area contributed by atoms with E-state index in [4.69, 9.17) is 15.1 Å². The number of aliphatic hydroxyl groups excluding tert-OH is 1. The van der Waals surface area contributed by atoms with Gasteiger partial charge in [0, 0.05) is 20.2 Å². The van der Waals surface area contributed by atoms with Gasteiger partial charge in [0.1, 0.15) is 17.5 Å². The molecule has 0 aromatic carbocycles. The zero-order chi connectivity index (χ0) is 12.7. The molecule has 0 aliphatic carbocycles. The summed E-state index contributed by atoms with van der Waals surface area (Å²) in [7, 11) is 1.80. The summed E-state index contributed by atoms with van der Waals surface area (Å²) in [5, 5.41) is 24.9. The molecule has 0 radical (unpaired) electrons. The predicted molar refractivity (Wildman–Crippen MR) is 63.7 cm³/mol. The third-order valence-electron chi connectivity index (χ3n) is 2.33. The minimum absolute atomic E-state index is 0.0485. The molecule has 0 aliphatic heterocycles. The molecule has 0 fully saturated rings. The second-order valence-corrected chi connectivity index (χ2v) is 3.66. The van der Waals surface area contributed by atoms with E-state index in [9.17, 15) is 0 Å². The Morgan fingerprint density at radius 2 is 2.29 bits per heavy atom. The molecule has 0 aliphatic rings. The lowest BCUT2D eigenvalue weighted by Crippen LogP contribution is -2.10. The number of aromatic nitrogens is 2. The number of aryl methyl sites for hydroxylation is 2. The van der Waals surface area contributed by atoms with Crippen molar-refractivity contribution >= 4 is 5.82 Å². The summed E-state index contributed by atoms with van der Waals surface area (Å²) in [5.41, 5.74) is 1.32. The van der Waals surface area contributed by atoms with E-state index in [1.807, 2.05) is 6.92 Å². The Morgan fingerprint density at radius 3 is 2.94 bits per heavy atom. The first-order valence-corrected chi connectivity index (χ1v) is 5.57. The quantitative estimate of drug-likeness (QED) is 0.672. The summed E-state index contributed by atoms with van der Waals surface area (Å²) >= 11 is 0. The van der Waals surface area contributed by atoms with Crippen LogP contribution in [0.1, 0.15) is 17.7 Å². The van der Waals surface area contributed by atoms with E-state index in [-0.39, 0.29) is 6.61 Å². The zero-order valence-corrected chi connectivity index (χ0v) is 10.2. The molecule has 94 valence electrons. The van der Waals surface area contributed by atoms with E-state index in [1.165, 1.54) is 0 Å². The molecule has 0 spiro atoms. The van der Waals surface area contributed by atoms with Crippen LogP contribution in [0.3, 0.4) is 0 Å². The van der Waals surface area contributed by atoms with Crippen LogP contribution in [-0.2, 0) is 11.8 Å². The maximum atomic E-state index is 8.99. The highest BCUT2D eigenvalue weighted by Crippen LogP contribution is 2.16. The number of nitriles is 1. The van der Waals surface area contributed by atoms with Gasteiger partial charge < -0.3 is 15.2 Å². The zero-order valence-electron chi connectivity index (χ0n) is 10.2. The number of aliphatic hydroxyl groups is 1. The van der Waals surface area contributed by atoms with Gasteiger partial charge in [-0.15, -0.1) is 0 Å². The van der Waals surface area contributed by atoms with E-state index in [0.29, 0.717) is 25.3 Å². The number of hydrogen-bond acceptors (Lipinski definition) is 5. The summed E-state index contributed by atoms with van der Waals surface area (Å²) in [6, 6.07) is 2.14. The molecule has 6 nitrogen and oxygen atoms in total. The van der Waals surface area contributed by atoms with Crippen LogP contribution in [-0.4, -0.2) is 41.3 Å². The van der Waals surface area contributed by atoms with Crippen molar-refractivity contribution < 1.29 is 9.84 Å². The molecule has 0 saturated carbocycles. The number of ether oxygens (including phenoxy) is 1. The second kappa shape index (κ2) is 6.89. The van der Waals surface area contributed by atoms with E-state index in [2.05, 4.69) is 16.5 Å². The van der Waals surface area contributed by atoms with Crippen LogP contribution >= 0.6 is 0 Å². The number of rotatable bonds is 7. The first-order chi connectivity index (χ1) is 8.20. The summed E-state index contributed by atoms with van der Waals surface area (Å²) in [6.45, 7) is 3.53. The van der Waals surface area contributed by atoms with Crippen LogP contribution in [0.15, 0.2) is 0 Å². The Balaban J connectivity index is 2.39. The van der Waals surface area contributed by atoms with Crippen molar-refractivity contribution in [1.29, 1.82) is 5.26 Å². The van der Waals surface area contributed by atoms with E-state index in [1.54, 1.807) is 11.7 Å². The van der Waals surface area contributed by atoms with Crippen molar-refractivity contribution in [2.45, 2.75) is 13.3 Å². The number of nitrogens with zero attached hydrogens (tertiary/aromatic N) is 3. The van der Waals surface area contributed by atoms with Crippen molar-refractivity contribution in [3.05, 3.63) is 11.3 Å². The summed E-state index contributed by atoms with van der Waals surface area (Å²) in [4.78, 5) is 0. The smallest absolute Gasteiger partial charge is 0.142 e. The van der Waals surface area contributed by atoms with Gasteiger partial charge >= 0.3 is 0 Å². The van der Waals surface area contributed by atoms with Crippen LogP contribution in [0.5, 0.6) is 0 Å². The Labute approximate surface area is 101 Å². The van der Waals surface area contributed by atoms with E-state index >= 15 is 0 Å². The molecule has 1 rings (SSSR count). The van der Waals surface area contributed by atoms with Gasteiger partial charge in [0.15, 0.2) is 0 Å². The summed E-state index contributed by atoms with van der Waals surface area (Å²) in [5.74, 6) is 0.743. The van der Waals surface area contributed by atoms with Crippen molar-refractivity contribution in [3.8, 4) is 6.07 Å². The lowest BCUT2D eigenvalue weighted by molar-refractivity contribution is 0.0921. The molecule has 0 saturated heterocycles. The summed E-state index contributed by atoms with van der Waals surface area (Å²) in [6.07, 6.45) is 0.815. The molecular weight excluding hydrogens is 220 g/mol. The third kappa shape index (κ3) is 3.73. The molecule has 6 heteroatoms. The molecule has 1 aromatic rings. The van der Waals surface area contributed by atoms with Gasteiger partial charge in [-0.2, -0.15) is 10.4 Å². The average Bonchev–Trinajstić information content (AvgIpc) is 2.58. The van der Waals surface area contributed by atoms with Crippen LogP contribution in [0, 0.1) is 18.3 Å². The standard InChI is InChI=1S/C11H18N4O2/c1-9-10(8-12)11(15(2)14-9)13-4-3-6-17-7-5-16/h13,16H,3-7H2,1-2H3. The SMILES string of the molecule is Cc1nn(C)c(NCCCOCCO)c1C#N. The second-order valence-electron chi connectivity index (χ2n) is 3.66. The van der Waals surface area contributed by atoms with Crippen LogP contribution < -0.4 is 5.32 Å². The Hall–Kier alpha value is -1.58. The normalized spacial score (nSPS) is 10.2. The minimum atomic E-state index is 0.0485. The van der Waals surface area contributed by atoms with Gasteiger partial charge in [0.25, 0.3) is 0 Å². The Morgan fingerprint density at radius 1 is 1.53 bits per heavy atom. The molecular formula is C11H18N4O2. The van der Waals surface area contributed by atoms with Crippen LogP contribution in [0.4, 0.5) is 5.82 Å². The van der Waals surface area contributed by atoms with Crippen LogP contribution in [0.2, 0.25) is 0 Å². The number of nitrogens with one attached hydrogen (secondary N) is 1. The largest absolute Gasteiger partial charge is 0.394 e. The lowest BCUT2D eigenvalue weighted by Gasteiger charge is -2.07. The van der Waals surface area contributed by atoms with Crippen LogP contribution in [0.25, 0.3) is 0 Å². The third-order valence-corrected chi connectivity index (χ3v) is 2.33. The van der Waals surface area contributed by atoms with Crippen molar-refractivity contribution in [2.24, 2.45) is 7.05 Å². The van der Waals surface area contributed by atoms with Gasteiger partial charge in [0.05, 0.1) is 18.9 Å². The first-order valence-electron chi connectivity index (χ1n) is 5.57. The number of hydrogen-bond donors (Lipinski definition) is 2. The molecule has 1 aromatic heterocycles.